The lowest BCUT2D eigenvalue weighted by Gasteiger charge is -2.11. The summed E-state index contributed by atoms with van der Waals surface area (Å²) < 4.78 is 5.72. The Morgan fingerprint density at radius 1 is 0.964 bits per heavy atom. The van der Waals surface area contributed by atoms with Crippen molar-refractivity contribution >= 4 is 23.4 Å². The summed E-state index contributed by atoms with van der Waals surface area (Å²) >= 11 is 1.56. The summed E-state index contributed by atoms with van der Waals surface area (Å²) in [6, 6.07) is 26.8. The summed E-state index contributed by atoms with van der Waals surface area (Å²) in [6.07, 6.45) is 0.472. The van der Waals surface area contributed by atoms with Gasteiger partial charge in [0.05, 0.1) is 11.8 Å². The van der Waals surface area contributed by atoms with E-state index in [1.807, 2.05) is 66.7 Å². The van der Waals surface area contributed by atoms with Crippen molar-refractivity contribution < 1.29 is 9.53 Å². The topological polar surface area (TPSA) is 62.1 Å². The fourth-order valence-electron chi connectivity index (χ4n) is 2.53. The molecule has 0 saturated carbocycles. The number of ether oxygens (including phenoxy) is 1. The number of carbonyl (C=O) groups excluding carboxylic acids is 1. The van der Waals surface area contributed by atoms with Crippen molar-refractivity contribution in [3.63, 3.8) is 0 Å². The van der Waals surface area contributed by atoms with Crippen molar-refractivity contribution in [2.24, 2.45) is 0 Å². The Bertz CT molecular complexity index is 950. The van der Waals surface area contributed by atoms with Gasteiger partial charge in [0.15, 0.2) is 0 Å². The minimum absolute atomic E-state index is 0.163. The number of benzene rings is 3. The summed E-state index contributed by atoms with van der Waals surface area (Å²) in [6.45, 7) is 0.449. The maximum absolute atomic E-state index is 12.6. The van der Waals surface area contributed by atoms with Crippen molar-refractivity contribution in [2.45, 2.75) is 17.9 Å². The second-order valence-electron chi connectivity index (χ2n) is 6.01. The average molecular weight is 388 g/mol. The Kier molecular flexibility index (Phi) is 7.11. The second kappa shape index (κ2) is 10.2. The Hall–Kier alpha value is -3.23. The van der Waals surface area contributed by atoms with Crippen LogP contribution >= 0.6 is 11.8 Å². The fourth-order valence-corrected chi connectivity index (χ4v) is 3.40. The Labute approximate surface area is 169 Å². The number of para-hydroxylation sites is 2. The van der Waals surface area contributed by atoms with Crippen LogP contribution in [0.15, 0.2) is 83.8 Å². The highest BCUT2D eigenvalue weighted by molar-refractivity contribution is 7.99. The van der Waals surface area contributed by atoms with Gasteiger partial charge in [-0.05, 0) is 42.0 Å². The van der Waals surface area contributed by atoms with Gasteiger partial charge in [-0.3, -0.25) is 4.79 Å². The molecule has 0 aliphatic heterocycles. The van der Waals surface area contributed by atoms with Crippen LogP contribution in [0.3, 0.4) is 0 Å². The molecule has 0 spiro atoms. The van der Waals surface area contributed by atoms with Gasteiger partial charge >= 0.3 is 0 Å². The van der Waals surface area contributed by atoms with Crippen molar-refractivity contribution in [2.75, 3.05) is 11.1 Å². The van der Waals surface area contributed by atoms with Crippen LogP contribution in [0.5, 0.6) is 5.75 Å². The summed E-state index contributed by atoms with van der Waals surface area (Å²) in [5, 5.41) is 11.6. The molecule has 3 aromatic rings. The standard InChI is InChI=1S/C23H20N2O2S/c24-15-6-16-28-22-10-5-4-9-21(22)25-23(26)19-13-11-18(12-14-19)17-27-20-7-2-1-3-8-20/h1-5,7-14H,6,16-17H2,(H,25,26). The van der Waals surface area contributed by atoms with Crippen LogP contribution in [0.4, 0.5) is 5.69 Å². The van der Waals surface area contributed by atoms with E-state index in [0.717, 1.165) is 21.9 Å². The number of hydrogen-bond acceptors (Lipinski definition) is 4. The Morgan fingerprint density at radius 3 is 2.43 bits per heavy atom. The number of nitrogens with one attached hydrogen (secondary N) is 1. The van der Waals surface area contributed by atoms with E-state index in [1.54, 1.807) is 23.9 Å². The zero-order chi connectivity index (χ0) is 19.6. The van der Waals surface area contributed by atoms with Gasteiger partial charge in [-0.1, -0.05) is 42.5 Å². The second-order valence-corrected chi connectivity index (χ2v) is 7.14. The van der Waals surface area contributed by atoms with Gasteiger partial charge in [0, 0.05) is 22.6 Å². The van der Waals surface area contributed by atoms with Crippen LogP contribution in [-0.2, 0) is 6.61 Å². The molecule has 0 heterocycles. The molecule has 0 aliphatic carbocycles. The van der Waals surface area contributed by atoms with E-state index in [1.165, 1.54) is 0 Å². The first-order valence-corrected chi connectivity index (χ1v) is 9.92. The van der Waals surface area contributed by atoms with Gasteiger partial charge in [-0.2, -0.15) is 5.26 Å². The number of nitrogens with zero attached hydrogens (tertiary/aromatic N) is 1. The molecule has 4 nitrogen and oxygen atoms in total. The first kappa shape index (κ1) is 19.5. The van der Waals surface area contributed by atoms with Crippen molar-refractivity contribution in [3.05, 3.63) is 90.0 Å². The molecular formula is C23H20N2O2S. The number of thioether (sulfide) groups is 1. The predicted molar refractivity (Wildman–Crippen MR) is 113 cm³/mol. The lowest BCUT2D eigenvalue weighted by Crippen LogP contribution is -2.12. The highest BCUT2D eigenvalue weighted by Crippen LogP contribution is 2.27. The quantitative estimate of drug-likeness (QED) is 0.407. The first-order valence-electron chi connectivity index (χ1n) is 8.93. The van der Waals surface area contributed by atoms with Crippen LogP contribution in [0.25, 0.3) is 0 Å². The molecule has 0 saturated heterocycles. The molecule has 1 amide bonds. The number of nitriles is 1. The minimum Gasteiger partial charge on any atom is -0.489 e. The van der Waals surface area contributed by atoms with Crippen molar-refractivity contribution in [1.29, 1.82) is 5.26 Å². The van der Waals surface area contributed by atoms with E-state index in [9.17, 15) is 4.79 Å². The minimum atomic E-state index is -0.163. The molecule has 1 N–H and O–H groups in total. The molecule has 0 fully saturated rings. The molecule has 5 heteroatoms. The van der Waals surface area contributed by atoms with Gasteiger partial charge in [-0.25, -0.2) is 0 Å². The Morgan fingerprint density at radius 2 is 1.68 bits per heavy atom. The van der Waals surface area contributed by atoms with Gasteiger partial charge in [0.2, 0.25) is 0 Å². The number of anilines is 1. The SMILES string of the molecule is N#CCCSc1ccccc1NC(=O)c1ccc(COc2ccccc2)cc1. The normalized spacial score (nSPS) is 10.1. The third-order valence-electron chi connectivity index (χ3n) is 3.97. The molecule has 3 aromatic carbocycles. The van der Waals surface area contributed by atoms with Crippen LogP contribution in [-0.4, -0.2) is 11.7 Å². The number of rotatable bonds is 8. The third kappa shape index (κ3) is 5.63. The average Bonchev–Trinajstić information content (AvgIpc) is 2.75. The van der Waals surface area contributed by atoms with E-state index < -0.39 is 0 Å². The molecule has 0 aromatic heterocycles. The molecule has 0 unspecified atom stereocenters. The van der Waals surface area contributed by atoms with E-state index in [2.05, 4.69) is 11.4 Å². The molecule has 140 valence electrons. The molecule has 0 atom stereocenters. The number of carbonyl (C=O) groups is 1. The first-order chi connectivity index (χ1) is 13.8. The molecule has 0 aliphatic rings. The predicted octanol–water partition coefficient (Wildman–Crippen LogP) is 5.52. The number of hydrogen-bond donors (Lipinski definition) is 1. The van der Waals surface area contributed by atoms with Crippen molar-refractivity contribution in [1.82, 2.24) is 0 Å². The smallest absolute Gasteiger partial charge is 0.255 e. The third-order valence-corrected chi connectivity index (χ3v) is 5.05. The molecule has 0 bridgehead atoms. The van der Waals surface area contributed by atoms with Gasteiger partial charge in [-0.15, -0.1) is 11.8 Å². The van der Waals surface area contributed by atoms with E-state index in [4.69, 9.17) is 10.00 Å². The van der Waals surface area contributed by atoms with Crippen LogP contribution in [0.2, 0.25) is 0 Å². The van der Waals surface area contributed by atoms with Crippen LogP contribution in [0, 0.1) is 11.3 Å². The zero-order valence-corrected chi connectivity index (χ0v) is 16.1. The summed E-state index contributed by atoms with van der Waals surface area (Å²) in [4.78, 5) is 13.5. The van der Waals surface area contributed by atoms with Crippen LogP contribution < -0.4 is 10.1 Å². The van der Waals surface area contributed by atoms with Crippen LogP contribution in [0.1, 0.15) is 22.3 Å². The van der Waals surface area contributed by atoms with E-state index >= 15 is 0 Å². The summed E-state index contributed by atoms with van der Waals surface area (Å²) in [5.41, 5.74) is 2.33. The maximum atomic E-state index is 12.6. The van der Waals surface area contributed by atoms with E-state index in [-0.39, 0.29) is 5.91 Å². The molecule has 28 heavy (non-hydrogen) atoms. The highest BCUT2D eigenvalue weighted by Gasteiger charge is 2.09. The maximum Gasteiger partial charge on any atom is 0.255 e. The van der Waals surface area contributed by atoms with Gasteiger partial charge < -0.3 is 10.1 Å². The monoisotopic (exact) mass is 388 g/mol. The lowest BCUT2D eigenvalue weighted by molar-refractivity contribution is 0.102. The fraction of sp³-hybridized carbons (Fsp3) is 0.130. The molecule has 0 radical (unpaired) electrons. The van der Waals surface area contributed by atoms with Gasteiger partial charge in [0.1, 0.15) is 12.4 Å². The highest BCUT2D eigenvalue weighted by atomic mass is 32.2. The largest absolute Gasteiger partial charge is 0.489 e. The molecular weight excluding hydrogens is 368 g/mol. The summed E-state index contributed by atoms with van der Waals surface area (Å²) in [5.74, 6) is 1.35. The summed E-state index contributed by atoms with van der Waals surface area (Å²) in [7, 11) is 0. The van der Waals surface area contributed by atoms with Gasteiger partial charge in [0.25, 0.3) is 5.91 Å². The zero-order valence-electron chi connectivity index (χ0n) is 15.3. The number of amides is 1. The lowest BCUT2D eigenvalue weighted by atomic mass is 10.1. The van der Waals surface area contributed by atoms with Crippen molar-refractivity contribution in [3.8, 4) is 11.8 Å². The van der Waals surface area contributed by atoms with E-state index in [0.29, 0.717) is 24.3 Å². The Balaban J connectivity index is 1.60. The molecule has 3 rings (SSSR count).